The molecule has 19 heavy (non-hydrogen) atoms. The van der Waals surface area contributed by atoms with Crippen molar-refractivity contribution in [2.45, 2.75) is 31.7 Å². The van der Waals surface area contributed by atoms with Crippen molar-refractivity contribution in [1.82, 2.24) is 5.32 Å². The molecule has 1 saturated heterocycles. The summed E-state index contributed by atoms with van der Waals surface area (Å²) >= 11 is 0. The van der Waals surface area contributed by atoms with E-state index in [0.717, 1.165) is 62.3 Å². The third-order valence-corrected chi connectivity index (χ3v) is 3.89. The van der Waals surface area contributed by atoms with Crippen LogP contribution in [0.5, 0.6) is 0 Å². The maximum absolute atomic E-state index is 11.8. The van der Waals surface area contributed by atoms with Gasteiger partial charge in [-0.1, -0.05) is 6.07 Å². The van der Waals surface area contributed by atoms with E-state index in [0.29, 0.717) is 6.04 Å². The lowest BCUT2D eigenvalue weighted by atomic mass is 9.97. The topological polar surface area (TPSA) is 50.4 Å². The molecule has 0 bridgehead atoms. The number of fused-ring (bicyclic) bond motifs is 1. The Bertz CT molecular complexity index is 465. The van der Waals surface area contributed by atoms with Gasteiger partial charge in [0.2, 0.25) is 0 Å². The minimum atomic E-state index is 0.0501. The maximum Gasteiger partial charge on any atom is 0.251 e. The van der Waals surface area contributed by atoms with Gasteiger partial charge in [-0.05, 0) is 43.4 Å². The highest BCUT2D eigenvalue weighted by Gasteiger charge is 2.20. The van der Waals surface area contributed by atoms with Gasteiger partial charge in [0, 0.05) is 37.1 Å². The zero-order chi connectivity index (χ0) is 13.1. The number of carbonyl (C=O) groups excluding carboxylic acids is 1. The Kier molecular flexibility index (Phi) is 3.69. The van der Waals surface area contributed by atoms with E-state index >= 15 is 0 Å². The van der Waals surface area contributed by atoms with E-state index in [1.54, 1.807) is 0 Å². The summed E-state index contributed by atoms with van der Waals surface area (Å²) in [5, 5.41) is 6.50. The summed E-state index contributed by atoms with van der Waals surface area (Å²) in [7, 11) is 0. The van der Waals surface area contributed by atoms with Gasteiger partial charge in [0.25, 0.3) is 5.91 Å². The van der Waals surface area contributed by atoms with Gasteiger partial charge in [-0.2, -0.15) is 0 Å². The van der Waals surface area contributed by atoms with Crippen LogP contribution in [0.1, 0.15) is 35.2 Å². The number of rotatable bonds is 2. The Balaban J connectivity index is 1.80. The normalized spacial score (nSPS) is 23.2. The average molecular weight is 260 g/mol. The molecule has 1 aromatic carbocycles. The van der Waals surface area contributed by atoms with E-state index in [1.165, 1.54) is 0 Å². The molecule has 1 unspecified atom stereocenters. The second-order valence-corrected chi connectivity index (χ2v) is 5.22. The lowest BCUT2D eigenvalue weighted by Crippen LogP contribution is -2.33. The van der Waals surface area contributed by atoms with Crippen molar-refractivity contribution in [3.8, 4) is 0 Å². The molecule has 102 valence electrons. The molecular formula is C15H20N2O2. The number of benzene rings is 1. The van der Waals surface area contributed by atoms with Gasteiger partial charge >= 0.3 is 0 Å². The van der Waals surface area contributed by atoms with Crippen molar-refractivity contribution >= 4 is 11.6 Å². The predicted molar refractivity (Wildman–Crippen MR) is 74.6 cm³/mol. The standard InChI is InChI=1S/C15H20N2O2/c18-15-13-4-1-5-14(12(13)6-8-16-15)17-11-3-2-9-19-10-7-11/h1,4-5,11,17H,2-3,6-10H2,(H,16,18). The van der Waals surface area contributed by atoms with Crippen molar-refractivity contribution in [2.24, 2.45) is 0 Å². The molecule has 2 aliphatic heterocycles. The van der Waals surface area contributed by atoms with Crippen LogP contribution in [0.3, 0.4) is 0 Å². The molecule has 2 aliphatic rings. The van der Waals surface area contributed by atoms with E-state index in [-0.39, 0.29) is 5.91 Å². The molecular weight excluding hydrogens is 240 g/mol. The zero-order valence-corrected chi connectivity index (χ0v) is 11.1. The van der Waals surface area contributed by atoms with E-state index in [2.05, 4.69) is 16.7 Å². The van der Waals surface area contributed by atoms with Crippen LogP contribution >= 0.6 is 0 Å². The van der Waals surface area contributed by atoms with Gasteiger partial charge in [-0.3, -0.25) is 4.79 Å². The average Bonchev–Trinajstić information content (AvgIpc) is 2.69. The second kappa shape index (κ2) is 5.61. The highest BCUT2D eigenvalue weighted by molar-refractivity contribution is 5.98. The van der Waals surface area contributed by atoms with Crippen LogP contribution in [0.25, 0.3) is 0 Å². The smallest absolute Gasteiger partial charge is 0.251 e. The molecule has 0 saturated carbocycles. The number of ether oxygens (including phenoxy) is 1. The first-order valence-corrected chi connectivity index (χ1v) is 7.09. The minimum Gasteiger partial charge on any atom is -0.382 e. The van der Waals surface area contributed by atoms with Gasteiger partial charge in [0.1, 0.15) is 0 Å². The molecule has 2 N–H and O–H groups in total. The van der Waals surface area contributed by atoms with E-state index in [9.17, 15) is 4.79 Å². The van der Waals surface area contributed by atoms with Crippen LogP contribution in [-0.2, 0) is 11.2 Å². The highest BCUT2D eigenvalue weighted by atomic mass is 16.5. The van der Waals surface area contributed by atoms with Crippen LogP contribution in [0, 0.1) is 0 Å². The SMILES string of the molecule is O=C1NCCc2c(NC3CCCOCC3)cccc21. The zero-order valence-electron chi connectivity index (χ0n) is 11.1. The van der Waals surface area contributed by atoms with Crippen molar-refractivity contribution in [1.29, 1.82) is 0 Å². The van der Waals surface area contributed by atoms with Gasteiger partial charge < -0.3 is 15.4 Å². The molecule has 1 aromatic rings. The fourth-order valence-electron chi connectivity index (χ4n) is 2.87. The van der Waals surface area contributed by atoms with E-state index in [4.69, 9.17) is 4.74 Å². The maximum atomic E-state index is 11.8. The Labute approximate surface area is 113 Å². The molecule has 1 atom stereocenters. The first-order valence-electron chi connectivity index (χ1n) is 7.09. The molecule has 4 heteroatoms. The van der Waals surface area contributed by atoms with Crippen LogP contribution in [0.15, 0.2) is 18.2 Å². The molecule has 1 fully saturated rings. The summed E-state index contributed by atoms with van der Waals surface area (Å²) in [6.07, 6.45) is 4.19. The number of carbonyl (C=O) groups is 1. The summed E-state index contributed by atoms with van der Waals surface area (Å²) in [6.45, 7) is 2.43. The lowest BCUT2D eigenvalue weighted by molar-refractivity contribution is 0.0946. The third kappa shape index (κ3) is 2.73. The number of amides is 1. The number of hydrogen-bond donors (Lipinski definition) is 2. The summed E-state index contributed by atoms with van der Waals surface area (Å²) in [5.41, 5.74) is 3.11. The number of anilines is 1. The van der Waals surface area contributed by atoms with Gasteiger partial charge in [0.15, 0.2) is 0 Å². The predicted octanol–water partition coefficient (Wildman–Crippen LogP) is 1.95. The van der Waals surface area contributed by atoms with Crippen molar-refractivity contribution in [2.75, 3.05) is 25.1 Å². The van der Waals surface area contributed by atoms with Gasteiger partial charge in [-0.25, -0.2) is 0 Å². The van der Waals surface area contributed by atoms with Crippen LogP contribution < -0.4 is 10.6 Å². The molecule has 0 radical (unpaired) electrons. The quantitative estimate of drug-likeness (QED) is 0.854. The number of hydrogen-bond acceptors (Lipinski definition) is 3. The molecule has 3 rings (SSSR count). The Morgan fingerprint density at radius 2 is 2.21 bits per heavy atom. The van der Waals surface area contributed by atoms with Crippen LogP contribution in [0.4, 0.5) is 5.69 Å². The Hall–Kier alpha value is -1.55. The largest absolute Gasteiger partial charge is 0.382 e. The first-order chi connectivity index (χ1) is 9.34. The third-order valence-electron chi connectivity index (χ3n) is 3.89. The van der Waals surface area contributed by atoms with Gasteiger partial charge in [0.05, 0.1) is 0 Å². The van der Waals surface area contributed by atoms with Crippen LogP contribution in [-0.4, -0.2) is 31.7 Å². The lowest BCUT2D eigenvalue weighted by Gasteiger charge is -2.24. The summed E-state index contributed by atoms with van der Waals surface area (Å²) < 4.78 is 5.49. The molecule has 0 aliphatic carbocycles. The molecule has 2 heterocycles. The number of nitrogens with one attached hydrogen (secondary N) is 2. The van der Waals surface area contributed by atoms with Crippen molar-refractivity contribution in [3.63, 3.8) is 0 Å². The second-order valence-electron chi connectivity index (χ2n) is 5.22. The van der Waals surface area contributed by atoms with Gasteiger partial charge in [-0.15, -0.1) is 0 Å². The van der Waals surface area contributed by atoms with Crippen molar-refractivity contribution in [3.05, 3.63) is 29.3 Å². The monoisotopic (exact) mass is 260 g/mol. The molecule has 0 aromatic heterocycles. The van der Waals surface area contributed by atoms with E-state index in [1.807, 2.05) is 12.1 Å². The van der Waals surface area contributed by atoms with E-state index < -0.39 is 0 Å². The summed E-state index contributed by atoms with van der Waals surface area (Å²) in [6, 6.07) is 6.41. The van der Waals surface area contributed by atoms with Crippen LogP contribution in [0.2, 0.25) is 0 Å². The Morgan fingerprint density at radius 3 is 3.16 bits per heavy atom. The highest BCUT2D eigenvalue weighted by Crippen LogP contribution is 2.25. The summed E-state index contributed by atoms with van der Waals surface area (Å²) in [5.74, 6) is 0.0501. The molecule has 0 spiro atoms. The Morgan fingerprint density at radius 1 is 1.26 bits per heavy atom. The molecule has 4 nitrogen and oxygen atoms in total. The minimum absolute atomic E-state index is 0.0501. The summed E-state index contributed by atoms with van der Waals surface area (Å²) in [4.78, 5) is 11.8. The molecule has 1 amide bonds. The van der Waals surface area contributed by atoms with Crippen molar-refractivity contribution < 1.29 is 9.53 Å². The fourth-order valence-corrected chi connectivity index (χ4v) is 2.87. The first kappa shape index (κ1) is 12.5. The fraction of sp³-hybridized carbons (Fsp3) is 0.533.